The van der Waals surface area contributed by atoms with Gasteiger partial charge >= 0.3 is 11.9 Å². The Kier molecular flexibility index (Phi) is 14.2. The fourth-order valence-electron chi connectivity index (χ4n) is 4.81. The molecule has 0 spiro atoms. The van der Waals surface area contributed by atoms with Gasteiger partial charge in [0.25, 0.3) is 0 Å². The number of carbonyl (C=O) groups excluding carboxylic acids is 2. The van der Waals surface area contributed by atoms with Crippen LogP contribution in [-0.4, -0.2) is 34.0 Å². The van der Waals surface area contributed by atoms with E-state index < -0.39 is 11.2 Å². The summed E-state index contributed by atoms with van der Waals surface area (Å²) in [6.07, 6.45) is 0.787. The van der Waals surface area contributed by atoms with Gasteiger partial charge in [-0.1, -0.05) is 55.6 Å². The van der Waals surface area contributed by atoms with Gasteiger partial charge in [0.05, 0.1) is 22.9 Å². The summed E-state index contributed by atoms with van der Waals surface area (Å²) >= 11 is 1.38. The molecule has 0 saturated carbocycles. The third-order valence-corrected chi connectivity index (χ3v) is 7.50. The predicted molar refractivity (Wildman–Crippen MR) is 200 cm³/mol. The number of ether oxygens (including phenoxy) is 3. The number of esters is 2. The Morgan fingerprint density at radius 1 is 0.708 bits per heavy atom. The minimum absolute atomic E-state index is 0.161. The van der Waals surface area contributed by atoms with Crippen molar-refractivity contribution in [2.75, 3.05) is 0 Å². The first-order valence-corrected chi connectivity index (χ1v) is 16.9. The molecule has 48 heavy (non-hydrogen) atoms. The molecule has 0 radical (unpaired) electrons. The normalized spacial score (nSPS) is 11.6. The number of rotatable bonds is 12. The van der Waals surface area contributed by atoms with Crippen LogP contribution in [0, 0.1) is 6.92 Å². The molecule has 0 heterocycles. The van der Waals surface area contributed by atoms with Crippen molar-refractivity contribution in [3.05, 3.63) is 96.6 Å². The zero-order chi connectivity index (χ0) is 36.4. The van der Waals surface area contributed by atoms with Crippen molar-refractivity contribution in [1.82, 2.24) is 0 Å². The average Bonchev–Trinajstić information content (AvgIpc) is 2.95. The van der Waals surface area contributed by atoms with Crippen LogP contribution >= 0.6 is 12.0 Å². The maximum absolute atomic E-state index is 12.0. The van der Waals surface area contributed by atoms with E-state index in [1.165, 1.54) is 28.7 Å². The van der Waals surface area contributed by atoms with E-state index in [-0.39, 0.29) is 22.8 Å². The fourth-order valence-corrected chi connectivity index (χ4v) is 5.65. The highest BCUT2D eigenvalue weighted by Gasteiger charge is 2.34. The van der Waals surface area contributed by atoms with Crippen molar-refractivity contribution in [2.24, 2.45) is 0 Å². The topological polar surface area (TPSA) is 71.1 Å². The molecule has 0 unspecified atom stereocenters. The first-order chi connectivity index (χ1) is 22.1. The summed E-state index contributed by atoms with van der Waals surface area (Å²) in [5, 5.41) is 0. The number of carbonyl (C=O) groups is 2. The average molecular weight is 675 g/mol. The zero-order valence-corrected chi connectivity index (χ0v) is 31.7. The van der Waals surface area contributed by atoms with Crippen molar-refractivity contribution in [1.29, 1.82) is 0 Å². The van der Waals surface area contributed by atoms with Crippen LogP contribution in [0.2, 0.25) is 0 Å². The van der Waals surface area contributed by atoms with Gasteiger partial charge in [-0.15, -0.1) is 0 Å². The second kappa shape index (κ2) is 16.9. The van der Waals surface area contributed by atoms with Crippen LogP contribution in [0.15, 0.2) is 91.0 Å². The molecule has 7 heteroatoms. The van der Waals surface area contributed by atoms with Crippen molar-refractivity contribution in [2.45, 2.75) is 112 Å². The number of aryl methyl sites for hydroxylation is 1. The molecule has 0 fully saturated rings. The van der Waals surface area contributed by atoms with E-state index in [0.29, 0.717) is 17.6 Å². The molecule has 0 N–H and O–H groups in total. The van der Waals surface area contributed by atoms with Crippen molar-refractivity contribution >= 4 is 24.0 Å². The third-order valence-electron chi connectivity index (χ3n) is 6.63. The van der Waals surface area contributed by atoms with Gasteiger partial charge < -0.3 is 18.4 Å². The van der Waals surface area contributed by atoms with E-state index in [0.717, 1.165) is 22.6 Å². The summed E-state index contributed by atoms with van der Waals surface area (Å²) in [5.74, 6) is 0.967. The molecular formula is C41H54O6S. The highest BCUT2D eigenvalue weighted by Crippen LogP contribution is 2.37. The van der Waals surface area contributed by atoms with E-state index >= 15 is 0 Å². The van der Waals surface area contributed by atoms with Crippen LogP contribution in [0.3, 0.4) is 0 Å². The smallest absolute Gasteiger partial charge is 0.333 e. The molecule has 260 valence electrons. The highest BCUT2D eigenvalue weighted by molar-refractivity contribution is 7.96. The highest BCUT2D eigenvalue weighted by atomic mass is 32.2. The van der Waals surface area contributed by atoms with Crippen LogP contribution in [0.1, 0.15) is 88.1 Å². The lowest BCUT2D eigenvalue weighted by Gasteiger charge is -2.33. The van der Waals surface area contributed by atoms with E-state index in [2.05, 4.69) is 76.4 Å². The quantitative estimate of drug-likeness (QED) is 0.108. The minimum Gasteiger partial charge on any atom is -0.491 e. The van der Waals surface area contributed by atoms with Crippen molar-refractivity contribution < 1.29 is 28.0 Å². The first kappa shape index (κ1) is 40.2. The molecule has 0 atom stereocenters. The van der Waals surface area contributed by atoms with Gasteiger partial charge in [0, 0.05) is 17.6 Å². The molecule has 0 aromatic heterocycles. The fraction of sp³-hybridized carbons (Fsp3) is 0.415. The molecule has 6 nitrogen and oxygen atoms in total. The van der Waals surface area contributed by atoms with Gasteiger partial charge in [0.15, 0.2) is 0 Å². The Hall–Kier alpha value is -3.97. The van der Waals surface area contributed by atoms with Crippen LogP contribution in [0.25, 0.3) is 22.3 Å². The van der Waals surface area contributed by atoms with E-state index in [1.807, 2.05) is 72.7 Å². The Morgan fingerprint density at radius 2 is 1.19 bits per heavy atom. The SMILES string of the molecule is C=C(C)C(=O)OC(C)(C)C.C=C(C)C(=O)OC(C)(C)CC(C)(C)SOc1ccc(-c2ccc(-c3ccc(OC(C)C)cc3)c(C)c2)cc1. The molecule has 3 rings (SSSR count). The number of benzene rings is 3. The minimum atomic E-state index is -0.631. The summed E-state index contributed by atoms with van der Waals surface area (Å²) in [7, 11) is 0. The molecule has 0 bridgehead atoms. The lowest BCUT2D eigenvalue weighted by atomic mass is 9.95. The predicted octanol–water partition coefficient (Wildman–Crippen LogP) is 11.1. The van der Waals surface area contributed by atoms with Crippen molar-refractivity contribution in [3.63, 3.8) is 0 Å². The molecule has 0 aliphatic heterocycles. The Morgan fingerprint density at radius 3 is 1.65 bits per heavy atom. The summed E-state index contributed by atoms with van der Waals surface area (Å²) in [5.41, 5.74) is 5.69. The summed E-state index contributed by atoms with van der Waals surface area (Å²) < 4.78 is 22.1. The molecule has 0 aliphatic carbocycles. The zero-order valence-electron chi connectivity index (χ0n) is 30.9. The van der Waals surface area contributed by atoms with Crippen LogP contribution in [0.4, 0.5) is 0 Å². The third kappa shape index (κ3) is 14.0. The van der Waals surface area contributed by atoms with Crippen LogP contribution in [-0.2, 0) is 19.1 Å². The number of hydrogen-bond donors (Lipinski definition) is 0. The molecule has 0 aliphatic rings. The second-order valence-corrected chi connectivity index (χ2v) is 16.0. The van der Waals surface area contributed by atoms with Crippen LogP contribution < -0.4 is 8.92 Å². The molecule has 3 aromatic carbocycles. The van der Waals surface area contributed by atoms with E-state index in [1.54, 1.807) is 13.8 Å². The summed E-state index contributed by atoms with van der Waals surface area (Å²) in [6.45, 7) is 30.1. The Bertz CT molecular complexity index is 1560. The van der Waals surface area contributed by atoms with Gasteiger partial charge in [-0.25, -0.2) is 9.59 Å². The summed E-state index contributed by atoms with van der Waals surface area (Å²) in [6, 6.07) is 22.9. The van der Waals surface area contributed by atoms with Gasteiger partial charge in [-0.05, 0) is 135 Å². The van der Waals surface area contributed by atoms with E-state index in [9.17, 15) is 9.59 Å². The second-order valence-electron chi connectivity index (χ2n) is 14.6. The Balaban J connectivity index is 0.000000692. The summed E-state index contributed by atoms with van der Waals surface area (Å²) in [4.78, 5) is 22.8. The maximum atomic E-state index is 12.0. The van der Waals surface area contributed by atoms with Crippen LogP contribution in [0.5, 0.6) is 11.5 Å². The maximum Gasteiger partial charge on any atom is 0.333 e. The standard InChI is InChI=1S/C33H40O4S.C8H14O2/c1-22(2)31(34)36-32(6,7)21-33(8,9)38-37-29-17-10-25(11-18-29)27-14-19-30(24(5)20-27)26-12-15-28(16-13-26)35-23(3)4;1-6(2)7(9)10-8(3,4)5/h10-20,23H,1,21H2,2-9H3;1H2,2-5H3. The monoisotopic (exact) mass is 674 g/mol. The van der Waals surface area contributed by atoms with Gasteiger partial charge in [0.1, 0.15) is 22.7 Å². The lowest BCUT2D eigenvalue weighted by Crippen LogP contribution is -2.36. The lowest BCUT2D eigenvalue weighted by molar-refractivity contribution is -0.152. The Labute approximate surface area is 293 Å². The first-order valence-electron chi connectivity index (χ1n) is 16.2. The number of hydrogen-bond acceptors (Lipinski definition) is 7. The molecule has 3 aromatic rings. The molecular weight excluding hydrogens is 621 g/mol. The van der Waals surface area contributed by atoms with Gasteiger partial charge in [-0.2, -0.15) is 0 Å². The van der Waals surface area contributed by atoms with Gasteiger partial charge in [-0.3, -0.25) is 0 Å². The molecule has 0 amide bonds. The van der Waals surface area contributed by atoms with E-state index in [4.69, 9.17) is 18.4 Å². The van der Waals surface area contributed by atoms with Gasteiger partial charge in [0.2, 0.25) is 0 Å². The van der Waals surface area contributed by atoms with Crippen molar-refractivity contribution in [3.8, 4) is 33.8 Å². The molecule has 0 saturated heterocycles. The largest absolute Gasteiger partial charge is 0.491 e.